The standard InChI is InChI=1S/C36H60O3S.K/c1-3-5-7-9-11-13-15-17-19-21-23-26-32-30-33(27-24-22-20-18-16-14-12-10-8-6-4-2)36-34(31-32)28-25-29-35(36)40(37,38)39;/h25,28-31H,3-24,26-27H2,1-2H3,(H,37,38,39);/q;+1/p-1. The maximum atomic E-state index is 12.1. The van der Waals surface area contributed by atoms with Crippen molar-refractivity contribution in [2.75, 3.05) is 0 Å². The van der Waals surface area contributed by atoms with Gasteiger partial charge in [0.05, 0.1) is 4.90 Å². The van der Waals surface area contributed by atoms with E-state index in [0.717, 1.165) is 36.6 Å². The minimum absolute atomic E-state index is 0. The van der Waals surface area contributed by atoms with Crippen LogP contribution in [0.25, 0.3) is 10.8 Å². The van der Waals surface area contributed by atoms with Crippen molar-refractivity contribution >= 4 is 20.9 Å². The van der Waals surface area contributed by atoms with Crippen LogP contribution < -0.4 is 51.4 Å². The monoisotopic (exact) mass is 610 g/mol. The average molecular weight is 611 g/mol. The molecule has 0 radical (unpaired) electrons. The normalized spacial score (nSPS) is 11.7. The summed E-state index contributed by atoms with van der Waals surface area (Å²) < 4.78 is 36.2. The van der Waals surface area contributed by atoms with Gasteiger partial charge in [0.1, 0.15) is 10.1 Å². The van der Waals surface area contributed by atoms with Gasteiger partial charge in [-0.3, -0.25) is 0 Å². The first-order valence-corrected chi connectivity index (χ1v) is 18.4. The molecular weight excluding hydrogens is 552 g/mol. The second-order valence-electron chi connectivity index (χ2n) is 12.1. The molecule has 0 aromatic heterocycles. The van der Waals surface area contributed by atoms with Gasteiger partial charge >= 0.3 is 51.4 Å². The van der Waals surface area contributed by atoms with Crippen LogP contribution in [0.2, 0.25) is 0 Å². The minimum Gasteiger partial charge on any atom is -0.744 e. The molecule has 2 aromatic rings. The quantitative estimate of drug-likeness (QED) is 0.0644. The first-order chi connectivity index (χ1) is 19.5. The van der Waals surface area contributed by atoms with Gasteiger partial charge in [0, 0.05) is 5.39 Å². The SMILES string of the molecule is CCCCCCCCCCCCCc1cc(CCCCCCCCCCCCC)c2c(S(=O)(=O)[O-])cccc2c1.[K+]. The van der Waals surface area contributed by atoms with E-state index in [1.165, 1.54) is 140 Å². The molecule has 41 heavy (non-hydrogen) atoms. The Morgan fingerprint density at radius 2 is 0.976 bits per heavy atom. The van der Waals surface area contributed by atoms with Crippen molar-refractivity contribution in [3.8, 4) is 0 Å². The van der Waals surface area contributed by atoms with Crippen molar-refractivity contribution in [1.82, 2.24) is 0 Å². The average Bonchev–Trinajstić information content (AvgIpc) is 2.93. The molecule has 0 aliphatic carbocycles. The molecule has 2 rings (SSSR count). The molecule has 0 aliphatic heterocycles. The summed E-state index contributed by atoms with van der Waals surface area (Å²) in [5, 5.41) is 1.56. The maximum Gasteiger partial charge on any atom is 1.00 e. The summed E-state index contributed by atoms with van der Waals surface area (Å²) in [6.45, 7) is 4.53. The number of rotatable bonds is 25. The molecule has 0 bridgehead atoms. The predicted octanol–water partition coefficient (Wildman–Crippen LogP) is 8.45. The molecular formula is C36H59KO3S. The summed E-state index contributed by atoms with van der Waals surface area (Å²) in [5.74, 6) is 0. The van der Waals surface area contributed by atoms with Crippen molar-refractivity contribution in [2.45, 2.75) is 173 Å². The van der Waals surface area contributed by atoms with Crippen LogP contribution in [0.15, 0.2) is 35.2 Å². The van der Waals surface area contributed by atoms with Crippen LogP contribution in [-0.2, 0) is 23.0 Å². The van der Waals surface area contributed by atoms with Crippen molar-refractivity contribution in [1.29, 1.82) is 0 Å². The molecule has 0 spiro atoms. The van der Waals surface area contributed by atoms with Gasteiger partial charge in [0.25, 0.3) is 0 Å². The van der Waals surface area contributed by atoms with Crippen LogP contribution in [0, 0.1) is 0 Å². The van der Waals surface area contributed by atoms with Crippen LogP contribution in [-0.4, -0.2) is 13.0 Å². The van der Waals surface area contributed by atoms with E-state index in [1.54, 1.807) is 6.07 Å². The van der Waals surface area contributed by atoms with Crippen LogP contribution in [0.3, 0.4) is 0 Å². The molecule has 0 saturated carbocycles. The summed E-state index contributed by atoms with van der Waals surface area (Å²) in [7, 11) is -4.51. The van der Waals surface area contributed by atoms with Crippen molar-refractivity contribution in [3.63, 3.8) is 0 Å². The summed E-state index contributed by atoms with van der Waals surface area (Å²) in [6.07, 6.45) is 30.7. The van der Waals surface area contributed by atoms with Gasteiger partial charge < -0.3 is 4.55 Å². The van der Waals surface area contributed by atoms with E-state index in [1.807, 2.05) is 6.07 Å². The van der Waals surface area contributed by atoms with Crippen molar-refractivity contribution < 1.29 is 64.4 Å². The fourth-order valence-electron chi connectivity index (χ4n) is 6.07. The largest absolute Gasteiger partial charge is 1.00 e. The van der Waals surface area contributed by atoms with Crippen LogP contribution in [0.5, 0.6) is 0 Å². The van der Waals surface area contributed by atoms with Gasteiger partial charge in [0.2, 0.25) is 0 Å². The van der Waals surface area contributed by atoms with Crippen LogP contribution >= 0.6 is 0 Å². The van der Waals surface area contributed by atoms with Gasteiger partial charge in [-0.15, -0.1) is 0 Å². The third-order valence-electron chi connectivity index (χ3n) is 8.47. The molecule has 228 valence electrons. The summed E-state index contributed by atoms with van der Waals surface area (Å²) >= 11 is 0. The molecule has 0 aliphatic rings. The Morgan fingerprint density at radius 3 is 1.41 bits per heavy atom. The summed E-state index contributed by atoms with van der Waals surface area (Å²) in [5.41, 5.74) is 2.32. The van der Waals surface area contributed by atoms with E-state index in [4.69, 9.17) is 0 Å². The first-order valence-electron chi connectivity index (χ1n) is 17.0. The summed E-state index contributed by atoms with van der Waals surface area (Å²) in [4.78, 5) is -0.0516. The Balaban J connectivity index is 0.00000840. The Hall–Kier alpha value is 0.246. The molecule has 0 amide bonds. The third-order valence-corrected chi connectivity index (χ3v) is 9.35. The Kier molecular flexibility index (Phi) is 23.5. The molecule has 5 heteroatoms. The van der Waals surface area contributed by atoms with Gasteiger partial charge in [-0.2, -0.15) is 0 Å². The number of unbranched alkanes of at least 4 members (excludes halogenated alkanes) is 20. The fourth-order valence-corrected chi connectivity index (χ4v) is 6.82. The van der Waals surface area contributed by atoms with Crippen LogP contribution in [0.1, 0.15) is 166 Å². The zero-order valence-corrected chi connectivity index (χ0v) is 30.9. The fraction of sp³-hybridized carbons (Fsp3) is 0.722. The van der Waals surface area contributed by atoms with E-state index in [-0.39, 0.29) is 56.3 Å². The maximum absolute atomic E-state index is 12.1. The topological polar surface area (TPSA) is 57.2 Å². The minimum atomic E-state index is -4.51. The second kappa shape index (κ2) is 24.6. The molecule has 0 heterocycles. The van der Waals surface area contributed by atoms with E-state index in [0.29, 0.717) is 5.39 Å². The van der Waals surface area contributed by atoms with Gasteiger partial charge in [-0.05, 0) is 48.3 Å². The Morgan fingerprint density at radius 1 is 0.561 bits per heavy atom. The van der Waals surface area contributed by atoms with Crippen molar-refractivity contribution in [3.05, 3.63) is 41.5 Å². The number of aryl methyl sites for hydroxylation is 2. The van der Waals surface area contributed by atoms with Gasteiger partial charge in [-0.1, -0.05) is 167 Å². The summed E-state index contributed by atoms with van der Waals surface area (Å²) in [6, 6.07) is 9.48. The number of hydrogen-bond donors (Lipinski definition) is 0. The van der Waals surface area contributed by atoms with Crippen LogP contribution in [0.4, 0.5) is 0 Å². The van der Waals surface area contributed by atoms with E-state index >= 15 is 0 Å². The Labute approximate surface area is 296 Å². The zero-order chi connectivity index (χ0) is 28.9. The third kappa shape index (κ3) is 17.4. The van der Waals surface area contributed by atoms with Gasteiger partial charge in [0.15, 0.2) is 0 Å². The number of hydrogen-bond acceptors (Lipinski definition) is 3. The van der Waals surface area contributed by atoms with Gasteiger partial charge in [-0.25, -0.2) is 8.42 Å². The number of benzene rings is 2. The molecule has 0 N–H and O–H groups in total. The first kappa shape index (κ1) is 39.3. The smallest absolute Gasteiger partial charge is 0.744 e. The number of fused-ring (bicyclic) bond motifs is 1. The molecule has 3 nitrogen and oxygen atoms in total. The second-order valence-corrected chi connectivity index (χ2v) is 13.5. The van der Waals surface area contributed by atoms with E-state index < -0.39 is 10.1 Å². The van der Waals surface area contributed by atoms with E-state index in [9.17, 15) is 13.0 Å². The molecule has 0 saturated heterocycles. The Bertz CT molecular complexity index is 1030. The molecule has 0 unspecified atom stereocenters. The molecule has 2 aromatic carbocycles. The molecule has 0 atom stereocenters. The molecule has 0 fully saturated rings. The van der Waals surface area contributed by atoms with E-state index in [2.05, 4.69) is 26.0 Å². The zero-order valence-electron chi connectivity index (χ0n) is 27.0. The predicted molar refractivity (Wildman–Crippen MR) is 172 cm³/mol. The van der Waals surface area contributed by atoms with Crippen molar-refractivity contribution in [2.24, 2.45) is 0 Å².